The molecule has 0 aromatic carbocycles. The Morgan fingerprint density at radius 2 is 2.17 bits per heavy atom. The summed E-state index contributed by atoms with van der Waals surface area (Å²) in [5.74, 6) is 2.24. The first-order chi connectivity index (χ1) is 8.74. The molecule has 1 aliphatic heterocycles. The molecule has 0 aromatic heterocycles. The van der Waals surface area contributed by atoms with Crippen molar-refractivity contribution < 1.29 is 9.90 Å². The molecule has 5 heteroatoms. The molecule has 2 fully saturated rings. The number of hydrogen-bond acceptors (Lipinski definition) is 4. The van der Waals surface area contributed by atoms with Crippen molar-refractivity contribution in [3.8, 4) is 0 Å². The maximum Gasteiger partial charge on any atom is 0.222 e. The lowest BCUT2D eigenvalue weighted by atomic mass is 9.82. The van der Waals surface area contributed by atoms with E-state index in [1.165, 1.54) is 6.42 Å². The minimum absolute atomic E-state index is 0.0750. The number of carbonyl (C=O) groups excluding carboxylic acids is 1. The Morgan fingerprint density at radius 3 is 2.78 bits per heavy atom. The molecule has 0 radical (unpaired) electrons. The molecule has 0 aromatic rings. The van der Waals surface area contributed by atoms with Gasteiger partial charge in [-0.15, -0.1) is 0 Å². The minimum atomic E-state index is -0.336. The van der Waals surface area contributed by atoms with Crippen LogP contribution in [0.15, 0.2) is 0 Å². The van der Waals surface area contributed by atoms with Crippen molar-refractivity contribution >= 4 is 17.7 Å². The van der Waals surface area contributed by atoms with Crippen molar-refractivity contribution in [2.45, 2.75) is 50.1 Å². The Balaban J connectivity index is 1.81. The zero-order valence-corrected chi connectivity index (χ0v) is 11.7. The van der Waals surface area contributed by atoms with E-state index in [1.807, 2.05) is 11.8 Å². The molecule has 2 aliphatic rings. The Kier molecular flexibility index (Phi) is 5.33. The lowest BCUT2D eigenvalue weighted by Crippen LogP contribution is -2.54. The summed E-state index contributed by atoms with van der Waals surface area (Å²) < 4.78 is 0. The Bertz CT molecular complexity index is 274. The van der Waals surface area contributed by atoms with Crippen LogP contribution >= 0.6 is 11.8 Å². The van der Waals surface area contributed by atoms with E-state index in [0.717, 1.165) is 43.7 Å². The summed E-state index contributed by atoms with van der Waals surface area (Å²) >= 11 is 1.90. The summed E-state index contributed by atoms with van der Waals surface area (Å²) in [6.07, 6.45) is 5.81. The van der Waals surface area contributed by atoms with Gasteiger partial charge in [0.1, 0.15) is 0 Å². The zero-order chi connectivity index (χ0) is 12.8. The highest BCUT2D eigenvalue weighted by molar-refractivity contribution is 7.99. The van der Waals surface area contributed by atoms with Crippen LogP contribution in [0.5, 0.6) is 0 Å². The van der Waals surface area contributed by atoms with Crippen LogP contribution in [0.4, 0.5) is 0 Å². The molecule has 0 spiro atoms. The van der Waals surface area contributed by atoms with Crippen LogP contribution in [-0.2, 0) is 4.79 Å². The number of thioether (sulfide) groups is 1. The van der Waals surface area contributed by atoms with E-state index in [9.17, 15) is 9.90 Å². The first-order valence-electron chi connectivity index (χ1n) is 6.97. The SMILES string of the molecule is O=C(CC1CSCCN1)NC1(CO)CCCCC1. The first-order valence-corrected chi connectivity index (χ1v) is 8.13. The molecule has 1 atom stereocenters. The fourth-order valence-corrected chi connectivity index (χ4v) is 3.82. The normalized spacial score (nSPS) is 27.7. The number of aliphatic hydroxyl groups is 1. The Labute approximate surface area is 113 Å². The molecule has 0 bridgehead atoms. The Morgan fingerprint density at radius 1 is 1.39 bits per heavy atom. The van der Waals surface area contributed by atoms with Gasteiger partial charge in [0.25, 0.3) is 0 Å². The lowest BCUT2D eigenvalue weighted by Gasteiger charge is -2.37. The van der Waals surface area contributed by atoms with Crippen molar-refractivity contribution in [3.05, 3.63) is 0 Å². The maximum absolute atomic E-state index is 12.1. The third-order valence-corrected chi connectivity index (χ3v) is 5.08. The van der Waals surface area contributed by atoms with Gasteiger partial charge in [-0.2, -0.15) is 11.8 Å². The summed E-state index contributed by atoms with van der Waals surface area (Å²) in [6, 6.07) is 0.295. The fourth-order valence-electron chi connectivity index (χ4n) is 2.87. The fraction of sp³-hybridized carbons (Fsp3) is 0.923. The second kappa shape index (κ2) is 6.78. The molecule has 2 rings (SSSR count). The van der Waals surface area contributed by atoms with Crippen LogP contribution in [0.3, 0.4) is 0 Å². The largest absolute Gasteiger partial charge is 0.394 e. The summed E-state index contributed by atoms with van der Waals surface area (Å²) in [7, 11) is 0. The van der Waals surface area contributed by atoms with E-state index in [1.54, 1.807) is 0 Å². The minimum Gasteiger partial charge on any atom is -0.394 e. The average Bonchev–Trinajstić information content (AvgIpc) is 2.41. The molecule has 1 unspecified atom stereocenters. The van der Waals surface area contributed by atoms with E-state index in [0.29, 0.717) is 12.5 Å². The third-order valence-electron chi connectivity index (χ3n) is 3.95. The molecule has 18 heavy (non-hydrogen) atoms. The quantitative estimate of drug-likeness (QED) is 0.711. The van der Waals surface area contributed by atoms with Gasteiger partial charge in [-0.05, 0) is 12.8 Å². The van der Waals surface area contributed by atoms with Crippen molar-refractivity contribution in [2.75, 3.05) is 24.7 Å². The van der Waals surface area contributed by atoms with Crippen LogP contribution in [0, 0.1) is 0 Å². The number of amides is 1. The van der Waals surface area contributed by atoms with Crippen LogP contribution in [0.25, 0.3) is 0 Å². The van der Waals surface area contributed by atoms with Crippen LogP contribution in [-0.4, -0.2) is 47.3 Å². The molecule has 1 saturated carbocycles. The van der Waals surface area contributed by atoms with Crippen molar-refractivity contribution in [3.63, 3.8) is 0 Å². The van der Waals surface area contributed by atoms with E-state index in [4.69, 9.17) is 0 Å². The van der Waals surface area contributed by atoms with Gasteiger partial charge < -0.3 is 15.7 Å². The zero-order valence-electron chi connectivity index (χ0n) is 10.9. The van der Waals surface area contributed by atoms with Gasteiger partial charge in [-0.3, -0.25) is 4.79 Å². The monoisotopic (exact) mass is 272 g/mol. The first kappa shape index (κ1) is 14.2. The van der Waals surface area contributed by atoms with Gasteiger partial charge in [0, 0.05) is 30.5 Å². The number of nitrogens with one attached hydrogen (secondary N) is 2. The van der Waals surface area contributed by atoms with Crippen molar-refractivity contribution in [1.29, 1.82) is 0 Å². The predicted molar refractivity (Wildman–Crippen MR) is 74.8 cm³/mol. The van der Waals surface area contributed by atoms with Gasteiger partial charge >= 0.3 is 0 Å². The molecular weight excluding hydrogens is 248 g/mol. The number of hydrogen-bond donors (Lipinski definition) is 3. The highest BCUT2D eigenvalue weighted by Gasteiger charge is 2.33. The molecule has 4 nitrogen and oxygen atoms in total. The molecule has 1 amide bonds. The standard InChI is InChI=1S/C13H24N2O2S/c16-10-13(4-2-1-3-5-13)15-12(17)8-11-9-18-7-6-14-11/h11,14,16H,1-10H2,(H,15,17). The summed E-state index contributed by atoms with van der Waals surface area (Å²) in [6.45, 7) is 1.07. The second-order valence-electron chi connectivity index (χ2n) is 5.48. The number of aliphatic hydroxyl groups excluding tert-OH is 1. The van der Waals surface area contributed by atoms with Gasteiger partial charge in [0.2, 0.25) is 5.91 Å². The lowest BCUT2D eigenvalue weighted by molar-refractivity contribution is -0.124. The van der Waals surface area contributed by atoms with Crippen molar-refractivity contribution in [1.82, 2.24) is 10.6 Å². The second-order valence-corrected chi connectivity index (χ2v) is 6.63. The van der Waals surface area contributed by atoms with Gasteiger partial charge in [0.05, 0.1) is 12.1 Å². The molecular formula is C13H24N2O2S. The topological polar surface area (TPSA) is 61.4 Å². The average molecular weight is 272 g/mol. The maximum atomic E-state index is 12.1. The third kappa shape index (κ3) is 3.87. The molecule has 1 saturated heterocycles. The number of rotatable bonds is 4. The Hall–Kier alpha value is -0.260. The summed E-state index contributed by atoms with van der Waals surface area (Å²) in [5, 5.41) is 16.0. The van der Waals surface area contributed by atoms with Crippen LogP contribution in [0.2, 0.25) is 0 Å². The van der Waals surface area contributed by atoms with Crippen LogP contribution in [0.1, 0.15) is 38.5 Å². The van der Waals surface area contributed by atoms with Gasteiger partial charge in [-0.25, -0.2) is 0 Å². The molecule has 1 aliphatic carbocycles. The summed E-state index contributed by atoms with van der Waals surface area (Å²) in [5.41, 5.74) is -0.336. The van der Waals surface area contributed by atoms with Gasteiger partial charge in [-0.1, -0.05) is 19.3 Å². The van der Waals surface area contributed by atoms with Crippen LogP contribution < -0.4 is 10.6 Å². The van der Waals surface area contributed by atoms with E-state index in [-0.39, 0.29) is 18.1 Å². The number of carbonyl (C=O) groups is 1. The van der Waals surface area contributed by atoms with Gasteiger partial charge in [0.15, 0.2) is 0 Å². The highest BCUT2D eigenvalue weighted by atomic mass is 32.2. The van der Waals surface area contributed by atoms with E-state index < -0.39 is 0 Å². The van der Waals surface area contributed by atoms with Crippen molar-refractivity contribution in [2.24, 2.45) is 0 Å². The smallest absolute Gasteiger partial charge is 0.222 e. The molecule has 3 N–H and O–H groups in total. The van der Waals surface area contributed by atoms with E-state index in [2.05, 4.69) is 10.6 Å². The van der Waals surface area contributed by atoms with E-state index >= 15 is 0 Å². The molecule has 104 valence electrons. The predicted octanol–water partition coefficient (Wildman–Crippen LogP) is 0.893. The summed E-state index contributed by atoms with van der Waals surface area (Å²) in [4.78, 5) is 12.1. The highest BCUT2D eigenvalue weighted by Crippen LogP contribution is 2.27. The molecule has 1 heterocycles.